The van der Waals surface area contributed by atoms with Gasteiger partial charge >= 0.3 is 0 Å². The van der Waals surface area contributed by atoms with E-state index < -0.39 is 0 Å². The minimum absolute atomic E-state index is 0.0211. The number of hydrogen-bond donors (Lipinski definition) is 1. The van der Waals surface area contributed by atoms with Crippen LogP contribution in [0.3, 0.4) is 0 Å². The summed E-state index contributed by atoms with van der Waals surface area (Å²) in [7, 11) is 3.26. The fourth-order valence-electron chi connectivity index (χ4n) is 2.87. The molecule has 0 aliphatic carbocycles. The van der Waals surface area contributed by atoms with Crippen molar-refractivity contribution in [2.24, 2.45) is 0 Å². The highest BCUT2D eigenvalue weighted by Gasteiger charge is 2.13. The van der Waals surface area contributed by atoms with Crippen molar-refractivity contribution in [1.82, 2.24) is 10.3 Å². The highest BCUT2D eigenvalue weighted by atomic mass is 32.1. The second-order valence-electron chi connectivity index (χ2n) is 6.40. The maximum atomic E-state index is 12.3. The normalized spacial score (nSPS) is 12.0. The number of thiazole rings is 1. The van der Waals surface area contributed by atoms with E-state index in [9.17, 15) is 4.79 Å². The Kier molecular flexibility index (Phi) is 6.29. The Morgan fingerprint density at radius 1 is 1.19 bits per heavy atom. The lowest BCUT2D eigenvalue weighted by atomic mass is 10.1. The van der Waals surface area contributed by atoms with Crippen LogP contribution in [0.4, 0.5) is 0 Å². The van der Waals surface area contributed by atoms with Gasteiger partial charge < -0.3 is 14.8 Å². The first kappa shape index (κ1) is 19.2. The number of rotatable bonds is 8. The summed E-state index contributed by atoms with van der Waals surface area (Å²) in [5, 5.41) is 4.06. The van der Waals surface area contributed by atoms with E-state index in [2.05, 4.69) is 23.3 Å². The van der Waals surface area contributed by atoms with Gasteiger partial charge in [-0.15, -0.1) is 11.3 Å². The summed E-state index contributed by atoms with van der Waals surface area (Å²) in [6.45, 7) is 2.66. The third-order valence-corrected chi connectivity index (χ3v) is 5.71. The number of benzene rings is 2. The van der Waals surface area contributed by atoms with Crippen LogP contribution in [0.25, 0.3) is 10.2 Å². The Bertz CT molecular complexity index is 890. The molecule has 0 bridgehead atoms. The summed E-state index contributed by atoms with van der Waals surface area (Å²) < 4.78 is 11.8. The van der Waals surface area contributed by atoms with E-state index in [4.69, 9.17) is 9.47 Å². The maximum absolute atomic E-state index is 12.3. The van der Waals surface area contributed by atoms with Crippen molar-refractivity contribution in [2.45, 2.75) is 25.7 Å². The van der Waals surface area contributed by atoms with Gasteiger partial charge in [-0.2, -0.15) is 0 Å². The Morgan fingerprint density at radius 2 is 2.00 bits per heavy atom. The number of para-hydroxylation sites is 1. The van der Waals surface area contributed by atoms with Gasteiger partial charge in [-0.3, -0.25) is 4.79 Å². The van der Waals surface area contributed by atoms with Crippen LogP contribution < -0.4 is 14.8 Å². The van der Waals surface area contributed by atoms with Gasteiger partial charge in [0.05, 0.1) is 29.4 Å². The topological polar surface area (TPSA) is 60.5 Å². The zero-order valence-electron chi connectivity index (χ0n) is 15.8. The van der Waals surface area contributed by atoms with Gasteiger partial charge in [0.25, 0.3) is 0 Å². The Labute approximate surface area is 163 Å². The summed E-state index contributed by atoms with van der Waals surface area (Å²) >= 11 is 1.68. The first-order chi connectivity index (χ1) is 13.1. The van der Waals surface area contributed by atoms with Crippen LogP contribution in [0.2, 0.25) is 0 Å². The minimum atomic E-state index is 0.0211. The molecule has 6 heteroatoms. The first-order valence-electron chi connectivity index (χ1n) is 8.93. The van der Waals surface area contributed by atoms with Crippen LogP contribution in [-0.2, 0) is 11.2 Å². The summed E-state index contributed by atoms with van der Waals surface area (Å²) in [5.41, 5.74) is 1.98. The second-order valence-corrected chi connectivity index (χ2v) is 7.46. The van der Waals surface area contributed by atoms with E-state index in [0.29, 0.717) is 19.4 Å². The highest BCUT2D eigenvalue weighted by molar-refractivity contribution is 7.18. The van der Waals surface area contributed by atoms with Gasteiger partial charge in [-0.1, -0.05) is 19.1 Å². The molecule has 1 unspecified atom stereocenters. The Morgan fingerprint density at radius 3 is 2.74 bits per heavy atom. The van der Waals surface area contributed by atoms with Gasteiger partial charge in [0.15, 0.2) is 0 Å². The lowest BCUT2D eigenvalue weighted by Gasteiger charge is -2.12. The van der Waals surface area contributed by atoms with Crippen LogP contribution in [0.1, 0.15) is 29.8 Å². The molecule has 0 aliphatic rings. The molecule has 1 atom stereocenters. The Hall–Kier alpha value is -2.60. The molecule has 1 heterocycles. The second kappa shape index (κ2) is 8.86. The molecule has 0 saturated carbocycles. The van der Waals surface area contributed by atoms with Crippen LogP contribution in [0, 0.1) is 0 Å². The number of nitrogens with one attached hydrogen (secondary N) is 1. The number of fused-ring (bicyclic) bond motifs is 1. The van der Waals surface area contributed by atoms with Crippen molar-refractivity contribution in [2.75, 3.05) is 20.8 Å². The molecule has 1 N–H and O–H groups in total. The molecule has 142 valence electrons. The standard InChI is InChI=1S/C21H24N2O3S/c1-14(21-23-17-6-4-5-7-19(17)27-21)13-22-20(24)11-8-15-12-16(25-2)9-10-18(15)26-3/h4-7,9-10,12,14H,8,11,13H2,1-3H3,(H,22,24). The van der Waals surface area contributed by atoms with E-state index in [1.807, 2.05) is 36.4 Å². The van der Waals surface area contributed by atoms with E-state index in [1.54, 1.807) is 25.6 Å². The molecule has 5 nitrogen and oxygen atoms in total. The van der Waals surface area contributed by atoms with Crippen LogP contribution in [0.15, 0.2) is 42.5 Å². The molecule has 0 aliphatic heterocycles. The number of ether oxygens (including phenoxy) is 2. The van der Waals surface area contributed by atoms with Crippen LogP contribution in [-0.4, -0.2) is 31.7 Å². The van der Waals surface area contributed by atoms with Crippen molar-refractivity contribution in [3.05, 3.63) is 53.0 Å². The largest absolute Gasteiger partial charge is 0.497 e. The number of carbonyl (C=O) groups excluding carboxylic acids is 1. The predicted molar refractivity (Wildman–Crippen MR) is 109 cm³/mol. The average Bonchev–Trinajstić information content (AvgIpc) is 3.14. The Balaban J connectivity index is 1.53. The number of amides is 1. The van der Waals surface area contributed by atoms with Gasteiger partial charge in [0.2, 0.25) is 5.91 Å². The number of nitrogens with zero attached hydrogens (tertiary/aromatic N) is 1. The van der Waals surface area contributed by atoms with Crippen LogP contribution >= 0.6 is 11.3 Å². The van der Waals surface area contributed by atoms with Crippen molar-refractivity contribution in [3.63, 3.8) is 0 Å². The van der Waals surface area contributed by atoms with E-state index in [1.165, 1.54) is 4.70 Å². The van der Waals surface area contributed by atoms with E-state index in [-0.39, 0.29) is 11.8 Å². The minimum Gasteiger partial charge on any atom is -0.497 e. The van der Waals surface area contributed by atoms with Crippen molar-refractivity contribution < 1.29 is 14.3 Å². The molecule has 0 radical (unpaired) electrons. The van der Waals surface area contributed by atoms with Gasteiger partial charge in [-0.05, 0) is 42.3 Å². The number of methoxy groups -OCH3 is 2. The summed E-state index contributed by atoms with van der Waals surface area (Å²) in [6.07, 6.45) is 0.998. The van der Waals surface area contributed by atoms with Gasteiger partial charge in [0, 0.05) is 18.9 Å². The summed E-state index contributed by atoms with van der Waals surface area (Å²) in [6, 6.07) is 13.7. The van der Waals surface area contributed by atoms with Gasteiger partial charge in [0.1, 0.15) is 11.5 Å². The molecular formula is C21H24N2O3S. The molecule has 3 aromatic rings. The smallest absolute Gasteiger partial charge is 0.220 e. The number of aryl methyl sites for hydroxylation is 1. The fourth-order valence-corrected chi connectivity index (χ4v) is 3.89. The predicted octanol–water partition coefficient (Wildman–Crippen LogP) is 4.17. The van der Waals surface area contributed by atoms with Crippen molar-refractivity contribution in [1.29, 1.82) is 0 Å². The maximum Gasteiger partial charge on any atom is 0.220 e. The van der Waals surface area contributed by atoms with Crippen LogP contribution in [0.5, 0.6) is 11.5 Å². The quantitative estimate of drug-likeness (QED) is 0.633. The average molecular weight is 385 g/mol. The lowest BCUT2D eigenvalue weighted by Crippen LogP contribution is -2.27. The molecule has 0 fully saturated rings. The molecule has 3 rings (SSSR count). The molecule has 0 saturated heterocycles. The van der Waals surface area contributed by atoms with Crippen molar-refractivity contribution in [3.8, 4) is 11.5 Å². The highest BCUT2D eigenvalue weighted by Crippen LogP contribution is 2.27. The van der Waals surface area contributed by atoms with Gasteiger partial charge in [-0.25, -0.2) is 4.98 Å². The monoisotopic (exact) mass is 384 g/mol. The lowest BCUT2D eigenvalue weighted by molar-refractivity contribution is -0.121. The zero-order valence-corrected chi connectivity index (χ0v) is 16.6. The summed E-state index contributed by atoms with van der Waals surface area (Å²) in [4.78, 5) is 16.9. The third-order valence-electron chi connectivity index (χ3n) is 4.45. The molecule has 0 spiro atoms. The molecule has 1 amide bonds. The van der Waals surface area contributed by atoms with E-state index in [0.717, 1.165) is 27.6 Å². The molecule has 27 heavy (non-hydrogen) atoms. The molecular weight excluding hydrogens is 360 g/mol. The number of hydrogen-bond acceptors (Lipinski definition) is 5. The SMILES string of the molecule is COc1ccc(OC)c(CCC(=O)NCC(C)c2nc3ccccc3s2)c1. The van der Waals surface area contributed by atoms with E-state index >= 15 is 0 Å². The third kappa shape index (κ3) is 4.77. The number of carbonyl (C=O) groups is 1. The summed E-state index contributed by atoms with van der Waals surface area (Å²) in [5.74, 6) is 1.73. The molecule has 1 aromatic heterocycles. The fraction of sp³-hybridized carbons (Fsp3) is 0.333. The zero-order chi connectivity index (χ0) is 19.2. The number of aromatic nitrogens is 1. The molecule has 2 aromatic carbocycles. The van der Waals surface area contributed by atoms with Crippen molar-refractivity contribution >= 4 is 27.5 Å². The first-order valence-corrected chi connectivity index (χ1v) is 9.75.